The Morgan fingerprint density at radius 3 is 2.61 bits per heavy atom. The lowest BCUT2D eigenvalue weighted by molar-refractivity contribution is 0.514. The van der Waals surface area contributed by atoms with Gasteiger partial charge in [-0.25, -0.2) is 4.39 Å². The smallest absolute Gasteiger partial charge is 0.146 e. The van der Waals surface area contributed by atoms with E-state index in [-0.39, 0.29) is 16.8 Å². The molecular formula is C14H20BrClFN. The molecule has 0 spiro atoms. The fourth-order valence-electron chi connectivity index (χ4n) is 1.79. The van der Waals surface area contributed by atoms with Crippen LogP contribution in [0.5, 0.6) is 0 Å². The summed E-state index contributed by atoms with van der Waals surface area (Å²) in [7, 11) is 0. The maximum atomic E-state index is 14.0. The molecule has 0 saturated carbocycles. The third-order valence-corrected chi connectivity index (χ3v) is 4.16. The molecule has 1 atom stereocenters. The van der Waals surface area contributed by atoms with Crippen molar-refractivity contribution < 1.29 is 4.39 Å². The Labute approximate surface area is 122 Å². The third-order valence-electron chi connectivity index (χ3n) is 2.90. The van der Waals surface area contributed by atoms with Crippen LogP contribution in [0.2, 0.25) is 5.02 Å². The van der Waals surface area contributed by atoms with Gasteiger partial charge in [0.2, 0.25) is 0 Å². The number of benzene rings is 1. The van der Waals surface area contributed by atoms with E-state index in [9.17, 15) is 4.39 Å². The zero-order valence-corrected chi connectivity index (χ0v) is 13.4. The Morgan fingerprint density at radius 1 is 1.33 bits per heavy atom. The van der Waals surface area contributed by atoms with E-state index in [0.29, 0.717) is 16.0 Å². The highest BCUT2D eigenvalue weighted by Gasteiger charge is 2.15. The van der Waals surface area contributed by atoms with Gasteiger partial charge in [0, 0.05) is 4.47 Å². The minimum atomic E-state index is -0.303. The van der Waals surface area contributed by atoms with Gasteiger partial charge in [0.05, 0.1) is 5.02 Å². The van der Waals surface area contributed by atoms with E-state index in [1.54, 1.807) is 12.1 Å². The van der Waals surface area contributed by atoms with Gasteiger partial charge in [0.1, 0.15) is 5.82 Å². The van der Waals surface area contributed by atoms with Crippen LogP contribution in [0.25, 0.3) is 0 Å². The normalized spacial score (nSPS) is 13.1. The molecule has 0 aromatic heterocycles. The van der Waals surface area contributed by atoms with E-state index in [0.717, 1.165) is 19.5 Å². The third kappa shape index (κ3) is 4.52. The summed E-state index contributed by atoms with van der Waals surface area (Å²) >= 11 is 9.12. The summed E-state index contributed by atoms with van der Waals surface area (Å²) in [5, 5.41) is 3.54. The van der Waals surface area contributed by atoms with Crippen molar-refractivity contribution in [3.8, 4) is 0 Å². The number of nitrogens with one attached hydrogen (secondary N) is 1. The largest absolute Gasteiger partial charge is 0.316 e. The summed E-state index contributed by atoms with van der Waals surface area (Å²) in [4.78, 5) is 0. The van der Waals surface area contributed by atoms with Crippen LogP contribution in [0.3, 0.4) is 0 Å². The van der Waals surface area contributed by atoms with Crippen LogP contribution in [0, 0.1) is 11.7 Å². The number of halogens is 3. The quantitative estimate of drug-likeness (QED) is 0.570. The van der Waals surface area contributed by atoms with E-state index in [1.165, 1.54) is 0 Å². The summed E-state index contributed by atoms with van der Waals surface area (Å²) in [5.41, 5.74) is 0.689. The Morgan fingerprint density at radius 2 is 2.00 bits per heavy atom. The van der Waals surface area contributed by atoms with Crippen molar-refractivity contribution in [1.82, 2.24) is 5.32 Å². The van der Waals surface area contributed by atoms with Crippen LogP contribution >= 0.6 is 27.5 Å². The molecule has 4 heteroatoms. The standard InChI is InChI=1S/C14H20BrClFN/c1-9(2)8-18-7-6-10(3)11-4-5-12(15)13(16)14(11)17/h4-5,9-10,18H,6-8H2,1-3H3. The SMILES string of the molecule is CC(C)CNCCC(C)c1ccc(Br)c(Cl)c1F. The van der Waals surface area contributed by atoms with Gasteiger partial charge in [-0.15, -0.1) is 0 Å². The van der Waals surface area contributed by atoms with Crippen molar-refractivity contribution in [3.05, 3.63) is 33.0 Å². The molecular weight excluding hydrogens is 317 g/mol. The van der Waals surface area contributed by atoms with Gasteiger partial charge in [-0.2, -0.15) is 0 Å². The molecule has 0 radical (unpaired) electrons. The van der Waals surface area contributed by atoms with Gasteiger partial charge in [-0.3, -0.25) is 0 Å². The second-order valence-electron chi connectivity index (χ2n) is 5.05. The van der Waals surface area contributed by atoms with Crippen molar-refractivity contribution >= 4 is 27.5 Å². The average molecular weight is 337 g/mol. The highest BCUT2D eigenvalue weighted by Crippen LogP contribution is 2.31. The van der Waals surface area contributed by atoms with Crippen molar-refractivity contribution in [2.75, 3.05) is 13.1 Å². The summed E-state index contributed by atoms with van der Waals surface area (Å²) in [5.74, 6) is 0.497. The molecule has 1 N–H and O–H groups in total. The molecule has 0 saturated heterocycles. The maximum absolute atomic E-state index is 14.0. The Balaban J connectivity index is 2.57. The highest BCUT2D eigenvalue weighted by molar-refractivity contribution is 9.10. The molecule has 1 aromatic carbocycles. The first-order chi connectivity index (χ1) is 8.43. The summed E-state index contributed by atoms with van der Waals surface area (Å²) in [6, 6.07) is 3.61. The topological polar surface area (TPSA) is 12.0 Å². The lowest BCUT2D eigenvalue weighted by Gasteiger charge is -2.15. The molecule has 18 heavy (non-hydrogen) atoms. The molecule has 1 unspecified atom stereocenters. The molecule has 0 fully saturated rings. The van der Waals surface area contributed by atoms with Crippen LogP contribution in [-0.4, -0.2) is 13.1 Å². The van der Waals surface area contributed by atoms with E-state index >= 15 is 0 Å². The number of rotatable bonds is 6. The lowest BCUT2D eigenvalue weighted by Crippen LogP contribution is -2.22. The van der Waals surface area contributed by atoms with Crippen molar-refractivity contribution in [1.29, 1.82) is 0 Å². The monoisotopic (exact) mass is 335 g/mol. The van der Waals surface area contributed by atoms with E-state index < -0.39 is 0 Å². The average Bonchev–Trinajstić information content (AvgIpc) is 2.31. The second-order valence-corrected chi connectivity index (χ2v) is 6.28. The molecule has 0 aliphatic heterocycles. The lowest BCUT2D eigenvalue weighted by atomic mass is 9.97. The van der Waals surface area contributed by atoms with E-state index in [4.69, 9.17) is 11.6 Å². The molecule has 0 heterocycles. The van der Waals surface area contributed by atoms with E-state index in [2.05, 4.69) is 35.1 Å². The second kappa shape index (κ2) is 7.46. The van der Waals surface area contributed by atoms with Gasteiger partial charge in [0.15, 0.2) is 0 Å². The van der Waals surface area contributed by atoms with Gasteiger partial charge in [-0.05, 0) is 58.9 Å². The molecule has 102 valence electrons. The molecule has 1 rings (SSSR count). The number of hydrogen-bond acceptors (Lipinski definition) is 1. The zero-order valence-electron chi connectivity index (χ0n) is 11.1. The van der Waals surface area contributed by atoms with Crippen LogP contribution in [0.1, 0.15) is 38.7 Å². The minimum Gasteiger partial charge on any atom is -0.316 e. The summed E-state index contributed by atoms with van der Waals surface area (Å²) in [6.07, 6.45) is 0.904. The van der Waals surface area contributed by atoms with Gasteiger partial charge in [-0.1, -0.05) is 38.4 Å². The first kappa shape index (κ1) is 15.9. The fourth-order valence-corrected chi connectivity index (χ4v) is 2.26. The van der Waals surface area contributed by atoms with Crippen molar-refractivity contribution in [3.63, 3.8) is 0 Å². The van der Waals surface area contributed by atoms with Crippen LogP contribution < -0.4 is 5.32 Å². The molecule has 1 nitrogen and oxygen atoms in total. The Bertz CT molecular complexity index is 396. The Kier molecular flexibility index (Phi) is 6.61. The van der Waals surface area contributed by atoms with Crippen LogP contribution in [0.15, 0.2) is 16.6 Å². The predicted molar refractivity (Wildman–Crippen MR) is 79.8 cm³/mol. The van der Waals surface area contributed by atoms with E-state index in [1.807, 2.05) is 6.92 Å². The molecule has 0 aliphatic rings. The maximum Gasteiger partial charge on any atom is 0.146 e. The Hall–Kier alpha value is -0.120. The van der Waals surface area contributed by atoms with Crippen LogP contribution in [-0.2, 0) is 0 Å². The molecule has 1 aromatic rings. The summed E-state index contributed by atoms with van der Waals surface area (Å²) < 4.78 is 14.6. The van der Waals surface area contributed by atoms with Crippen molar-refractivity contribution in [2.45, 2.75) is 33.1 Å². The minimum absolute atomic E-state index is 0.162. The predicted octanol–water partition coefficient (Wildman–Crippen LogP) is 4.98. The van der Waals surface area contributed by atoms with Crippen molar-refractivity contribution in [2.24, 2.45) is 5.92 Å². The molecule has 0 amide bonds. The highest BCUT2D eigenvalue weighted by atomic mass is 79.9. The van der Waals surface area contributed by atoms with Crippen LogP contribution in [0.4, 0.5) is 4.39 Å². The summed E-state index contributed by atoms with van der Waals surface area (Å²) in [6.45, 7) is 8.26. The fraction of sp³-hybridized carbons (Fsp3) is 0.571. The first-order valence-electron chi connectivity index (χ1n) is 6.27. The van der Waals surface area contributed by atoms with Gasteiger partial charge < -0.3 is 5.32 Å². The van der Waals surface area contributed by atoms with Gasteiger partial charge in [0.25, 0.3) is 0 Å². The first-order valence-corrected chi connectivity index (χ1v) is 7.44. The zero-order chi connectivity index (χ0) is 13.7. The number of hydrogen-bond donors (Lipinski definition) is 1. The molecule has 0 aliphatic carbocycles. The van der Waals surface area contributed by atoms with Gasteiger partial charge >= 0.3 is 0 Å². The molecule has 0 bridgehead atoms.